The van der Waals surface area contributed by atoms with Gasteiger partial charge in [-0.3, -0.25) is 4.99 Å². The highest BCUT2D eigenvalue weighted by Crippen LogP contribution is 2.35. The Bertz CT molecular complexity index is 812. The van der Waals surface area contributed by atoms with Crippen molar-refractivity contribution in [2.45, 2.75) is 36.9 Å². The molecule has 154 valence electrons. The van der Waals surface area contributed by atoms with Gasteiger partial charge in [-0.05, 0) is 29.8 Å². The van der Waals surface area contributed by atoms with Gasteiger partial charge in [0.1, 0.15) is 30.1 Å². The maximum absolute atomic E-state index is 11.0. The van der Waals surface area contributed by atoms with Crippen LogP contribution in [-0.4, -0.2) is 62.8 Å². The second-order valence-electron chi connectivity index (χ2n) is 6.99. The molecule has 2 heterocycles. The number of methoxy groups -OCH3 is 2. The molecule has 0 amide bonds. The number of aliphatic imine (C=N–C) groups is 1. The summed E-state index contributed by atoms with van der Waals surface area (Å²) >= 11 is 0. The minimum atomic E-state index is -0.900. The van der Waals surface area contributed by atoms with Crippen molar-refractivity contribution < 1.29 is 28.8 Å². The number of ether oxygens (including phenoxy) is 5. The van der Waals surface area contributed by atoms with Gasteiger partial charge in [-0.1, -0.05) is 30.3 Å². The van der Waals surface area contributed by atoms with Crippen LogP contribution in [0.5, 0.6) is 5.75 Å². The minimum Gasteiger partial charge on any atom is -0.497 e. The van der Waals surface area contributed by atoms with E-state index in [0.717, 1.165) is 16.9 Å². The third-order valence-corrected chi connectivity index (χ3v) is 5.15. The highest BCUT2D eigenvalue weighted by molar-refractivity contribution is 5.80. The van der Waals surface area contributed by atoms with Crippen molar-refractivity contribution in [2.75, 3.05) is 20.8 Å². The molecule has 0 aliphatic carbocycles. The number of rotatable bonds is 5. The van der Waals surface area contributed by atoms with E-state index in [1.165, 1.54) is 7.11 Å². The molecule has 6 atom stereocenters. The van der Waals surface area contributed by atoms with Crippen molar-refractivity contribution in [3.05, 3.63) is 65.7 Å². The SMILES string of the molecule is COc1ccc(C=N[C@H]2[C@H](OC)O[C@@H]3CO[C@H](c4ccccc4)O[C@H]3[C@@H]2O)cc1. The molecule has 0 bridgehead atoms. The average Bonchev–Trinajstić information content (AvgIpc) is 2.79. The van der Waals surface area contributed by atoms with Crippen molar-refractivity contribution in [3.8, 4) is 5.75 Å². The maximum atomic E-state index is 11.0. The van der Waals surface area contributed by atoms with E-state index in [4.69, 9.17) is 23.7 Å². The summed E-state index contributed by atoms with van der Waals surface area (Å²) in [5.74, 6) is 0.767. The van der Waals surface area contributed by atoms with Crippen LogP contribution in [0.4, 0.5) is 0 Å². The Morgan fingerprint density at radius 1 is 1.03 bits per heavy atom. The van der Waals surface area contributed by atoms with Gasteiger partial charge in [0.2, 0.25) is 0 Å². The molecule has 4 rings (SSSR count). The first-order chi connectivity index (χ1) is 14.2. The molecule has 29 heavy (non-hydrogen) atoms. The summed E-state index contributed by atoms with van der Waals surface area (Å²) in [4.78, 5) is 4.54. The molecule has 2 fully saturated rings. The van der Waals surface area contributed by atoms with Crippen molar-refractivity contribution >= 4 is 6.21 Å². The van der Waals surface area contributed by atoms with Gasteiger partial charge in [0.05, 0.1) is 13.7 Å². The first-order valence-corrected chi connectivity index (χ1v) is 9.55. The predicted octanol–water partition coefficient (Wildman–Crippen LogP) is 2.33. The lowest BCUT2D eigenvalue weighted by molar-refractivity contribution is -0.338. The van der Waals surface area contributed by atoms with E-state index < -0.39 is 36.9 Å². The van der Waals surface area contributed by atoms with Gasteiger partial charge < -0.3 is 28.8 Å². The van der Waals surface area contributed by atoms with Crippen LogP contribution in [0.1, 0.15) is 17.4 Å². The van der Waals surface area contributed by atoms with Crippen LogP contribution in [-0.2, 0) is 18.9 Å². The summed E-state index contributed by atoms with van der Waals surface area (Å²) in [7, 11) is 3.15. The molecule has 0 spiro atoms. The van der Waals surface area contributed by atoms with E-state index in [9.17, 15) is 5.11 Å². The largest absolute Gasteiger partial charge is 0.497 e. The molecule has 1 N–H and O–H groups in total. The van der Waals surface area contributed by atoms with E-state index in [1.54, 1.807) is 13.3 Å². The van der Waals surface area contributed by atoms with Crippen LogP contribution in [0.2, 0.25) is 0 Å². The van der Waals surface area contributed by atoms with Crippen molar-refractivity contribution in [3.63, 3.8) is 0 Å². The smallest absolute Gasteiger partial charge is 0.184 e. The minimum absolute atomic E-state index is 0.302. The summed E-state index contributed by atoms with van der Waals surface area (Å²) in [5, 5.41) is 11.0. The molecule has 0 radical (unpaired) electrons. The van der Waals surface area contributed by atoms with Crippen LogP contribution in [0.15, 0.2) is 59.6 Å². The third kappa shape index (κ3) is 4.34. The van der Waals surface area contributed by atoms with E-state index in [2.05, 4.69) is 4.99 Å². The molecule has 0 aromatic heterocycles. The second-order valence-corrected chi connectivity index (χ2v) is 6.99. The van der Waals surface area contributed by atoms with E-state index in [1.807, 2.05) is 54.6 Å². The van der Waals surface area contributed by atoms with Gasteiger partial charge in [0, 0.05) is 18.9 Å². The average molecular weight is 399 g/mol. The molecule has 2 aliphatic rings. The van der Waals surface area contributed by atoms with Crippen LogP contribution in [0, 0.1) is 0 Å². The number of aliphatic hydroxyl groups is 1. The van der Waals surface area contributed by atoms with E-state index >= 15 is 0 Å². The zero-order valence-corrected chi connectivity index (χ0v) is 16.4. The second kappa shape index (κ2) is 9.02. The first kappa shape index (κ1) is 20.0. The molecule has 2 aliphatic heterocycles. The quantitative estimate of drug-likeness (QED) is 0.778. The molecule has 2 aromatic carbocycles. The number of fused-ring (bicyclic) bond motifs is 1. The van der Waals surface area contributed by atoms with Crippen LogP contribution in [0.25, 0.3) is 0 Å². The molecule has 7 heteroatoms. The van der Waals surface area contributed by atoms with Gasteiger partial charge in [-0.15, -0.1) is 0 Å². The van der Waals surface area contributed by atoms with Crippen LogP contribution < -0.4 is 4.74 Å². The Morgan fingerprint density at radius 3 is 2.48 bits per heavy atom. The van der Waals surface area contributed by atoms with Gasteiger partial charge in [0.25, 0.3) is 0 Å². The fraction of sp³-hybridized carbons (Fsp3) is 0.409. The number of nitrogens with zero attached hydrogens (tertiary/aromatic N) is 1. The number of aliphatic hydroxyl groups excluding tert-OH is 1. The first-order valence-electron chi connectivity index (χ1n) is 9.55. The van der Waals surface area contributed by atoms with E-state index in [-0.39, 0.29) is 0 Å². The highest BCUT2D eigenvalue weighted by Gasteiger charge is 2.49. The molecule has 2 saturated heterocycles. The summed E-state index contributed by atoms with van der Waals surface area (Å²) in [5.41, 5.74) is 1.77. The zero-order chi connectivity index (χ0) is 20.2. The van der Waals surface area contributed by atoms with Gasteiger partial charge >= 0.3 is 0 Å². The summed E-state index contributed by atoms with van der Waals surface area (Å²) in [6, 6.07) is 16.5. The number of benzene rings is 2. The Morgan fingerprint density at radius 2 is 1.79 bits per heavy atom. The standard InChI is InChI=1S/C22H25NO6/c1-25-16-10-8-14(9-11-16)12-23-18-19(24)20-17(28-22(18)26-2)13-27-21(29-20)15-6-4-3-5-7-15/h3-12,17-22,24H,13H2,1-2H3/t17-,18-,19-,20-,21+,22-/m1/s1. The third-order valence-electron chi connectivity index (χ3n) is 5.15. The summed E-state index contributed by atoms with van der Waals surface area (Å²) < 4.78 is 28.4. The Kier molecular flexibility index (Phi) is 6.22. The zero-order valence-electron chi connectivity index (χ0n) is 16.4. The maximum Gasteiger partial charge on any atom is 0.184 e. The molecular formula is C22H25NO6. The van der Waals surface area contributed by atoms with Crippen LogP contribution >= 0.6 is 0 Å². The molecular weight excluding hydrogens is 374 g/mol. The van der Waals surface area contributed by atoms with Crippen molar-refractivity contribution in [2.24, 2.45) is 4.99 Å². The molecule has 7 nitrogen and oxygen atoms in total. The molecule has 2 aromatic rings. The molecule has 0 saturated carbocycles. The van der Waals surface area contributed by atoms with Gasteiger partial charge in [0.15, 0.2) is 12.6 Å². The van der Waals surface area contributed by atoms with Crippen molar-refractivity contribution in [1.29, 1.82) is 0 Å². The lowest BCUT2D eigenvalue weighted by Crippen LogP contribution is -2.61. The number of hydrogen-bond donors (Lipinski definition) is 1. The Hall–Kier alpha value is -2.29. The van der Waals surface area contributed by atoms with Crippen LogP contribution in [0.3, 0.4) is 0 Å². The molecule has 0 unspecified atom stereocenters. The van der Waals surface area contributed by atoms with Crippen molar-refractivity contribution in [1.82, 2.24) is 0 Å². The topological polar surface area (TPSA) is 78.7 Å². The monoisotopic (exact) mass is 399 g/mol. The van der Waals surface area contributed by atoms with E-state index in [0.29, 0.717) is 6.61 Å². The fourth-order valence-corrected chi connectivity index (χ4v) is 3.57. The Balaban J connectivity index is 1.50. The summed E-state index contributed by atoms with van der Waals surface area (Å²) in [6.45, 7) is 0.302. The summed E-state index contributed by atoms with van der Waals surface area (Å²) in [6.07, 6.45) is -1.46. The number of hydrogen-bond acceptors (Lipinski definition) is 7. The van der Waals surface area contributed by atoms with Gasteiger partial charge in [-0.2, -0.15) is 0 Å². The lowest BCUT2D eigenvalue weighted by Gasteiger charge is -2.46. The predicted molar refractivity (Wildman–Crippen MR) is 106 cm³/mol. The van der Waals surface area contributed by atoms with Gasteiger partial charge in [-0.25, -0.2) is 0 Å². The highest BCUT2D eigenvalue weighted by atomic mass is 16.7. The lowest BCUT2D eigenvalue weighted by atomic mass is 9.96. The normalized spacial score (nSPS) is 32.1. The Labute approximate surface area is 169 Å². The fourth-order valence-electron chi connectivity index (χ4n) is 3.57.